The molecule has 0 aliphatic rings. The van der Waals surface area contributed by atoms with Crippen LogP contribution in [0.1, 0.15) is 35.2 Å². The zero-order valence-corrected chi connectivity index (χ0v) is 15.5. The van der Waals surface area contributed by atoms with Crippen LogP contribution in [0.4, 0.5) is 0 Å². The number of hydrogen-bond acceptors (Lipinski definition) is 5. The van der Waals surface area contributed by atoms with E-state index in [9.17, 15) is 4.79 Å². The first-order valence-corrected chi connectivity index (χ1v) is 9.45. The number of nitrogens with one attached hydrogen (secondary N) is 1. The molecule has 0 amide bonds. The van der Waals surface area contributed by atoms with Gasteiger partial charge in [0.25, 0.3) is 0 Å². The molecule has 2 aromatic carbocycles. The lowest BCUT2D eigenvalue weighted by Crippen LogP contribution is -2.18. The summed E-state index contributed by atoms with van der Waals surface area (Å²) in [5.74, 6) is 0.855. The second kappa shape index (κ2) is 10.9. The predicted octanol–water partition coefficient (Wildman–Crippen LogP) is 3.85. The van der Waals surface area contributed by atoms with Gasteiger partial charge in [-0.05, 0) is 68.1 Å². The van der Waals surface area contributed by atoms with Gasteiger partial charge >= 0.3 is 0 Å². The highest BCUT2D eigenvalue weighted by Gasteiger charge is 2.10. The Labute approximate surface area is 154 Å². The smallest absolute Gasteiger partial charge is 0.162 e. The fourth-order valence-corrected chi connectivity index (χ4v) is 3.09. The van der Waals surface area contributed by atoms with Crippen molar-refractivity contribution in [3.05, 3.63) is 59.7 Å². The van der Waals surface area contributed by atoms with E-state index in [1.165, 1.54) is 5.56 Å². The number of Topliss-reactive ketones (excluding diaryl/α,β-unsaturated/α-hetero) is 1. The summed E-state index contributed by atoms with van der Waals surface area (Å²) >= 11 is 1.10. The first kappa shape index (κ1) is 19.5. The Bertz CT molecular complexity index is 662. The number of carbonyl (C=O) groups excluding carboxylic acids is 1. The third-order valence-electron chi connectivity index (χ3n) is 4.05. The van der Waals surface area contributed by atoms with Crippen LogP contribution in [0.5, 0.6) is 5.75 Å². The quantitative estimate of drug-likeness (QED) is 0.363. The van der Waals surface area contributed by atoms with E-state index in [1.54, 1.807) is 19.2 Å². The van der Waals surface area contributed by atoms with E-state index in [2.05, 4.69) is 29.6 Å². The van der Waals surface area contributed by atoms with Crippen molar-refractivity contribution in [3.63, 3.8) is 0 Å². The van der Waals surface area contributed by atoms with Crippen molar-refractivity contribution in [2.45, 2.75) is 30.6 Å². The highest BCUT2D eigenvalue weighted by Crippen LogP contribution is 2.27. The van der Waals surface area contributed by atoms with Crippen LogP contribution in [0.3, 0.4) is 0 Å². The second-order valence-electron chi connectivity index (χ2n) is 5.85. The summed E-state index contributed by atoms with van der Waals surface area (Å²) in [5, 5.41) is 9.06. The Kier molecular flexibility index (Phi) is 8.52. The predicted molar refractivity (Wildman–Crippen MR) is 104 cm³/mol. The number of rotatable bonds is 11. The SMILES string of the molecule is COc1ccc(C(=O)CCCCNCCc2ccccc2)cc1SN. The number of benzene rings is 2. The van der Waals surface area contributed by atoms with Crippen LogP contribution in [0.25, 0.3) is 0 Å². The average Bonchev–Trinajstić information content (AvgIpc) is 2.67. The standard InChI is InChI=1S/C20H26N2O2S/c1-24-19-11-10-17(15-20(19)25-21)18(23)9-5-6-13-22-14-12-16-7-3-2-4-8-16/h2-4,7-8,10-11,15,22H,5-6,9,12-14,21H2,1H3. The number of hydrogen-bond donors (Lipinski definition) is 2. The topological polar surface area (TPSA) is 64.3 Å². The average molecular weight is 359 g/mol. The zero-order valence-electron chi connectivity index (χ0n) is 14.7. The molecular formula is C20H26N2O2S. The fraction of sp³-hybridized carbons (Fsp3) is 0.350. The van der Waals surface area contributed by atoms with Gasteiger partial charge in [0, 0.05) is 12.0 Å². The van der Waals surface area contributed by atoms with E-state index in [1.807, 2.05) is 12.1 Å². The Morgan fingerprint density at radius 3 is 2.64 bits per heavy atom. The van der Waals surface area contributed by atoms with Crippen LogP contribution >= 0.6 is 11.9 Å². The molecule has 3 N–H and O–H groups in total. The van der Waals surface area contributed by atoms with Crippen molar-refractivity contribution in [2.75, 3.05) is 20.2 Å². The van der Waals surface area contributed by atoms with Crippen LogP contribution in [-0.4, -0.2) is 26.0 Å². The van der Waals surface area contributed by atoms with E-state index >= 15 is 0 Å². The molecular weight excluding hydrogens is 332 g/mol. The molecule has 134 valence electrons. The third kappa shape index (κ3) is 6.53. The zero-order chi connectivity index (χ0) is 17.9. The molecule has 0 saturated heterocycles. The van der Waals surface area contributed by atoms with E-state index in [-0.39, 0.29) is 5.78 Å². The first-order chi connectivity index (χ1) is 12.2. The molecule has 25 heavy (non-hydrogen) atoms. The van der Waals surface area contributed by atoms with Gasteiger partial charge in [-0.25, -0.2) is 0 Å². The molecule has 0 spiro atoms. The van der Waals surface area contributed by atoms with Crippen molar-refractivity contribution in [2.24, 2.45) is 5.14 Å². The van der Waals surface area contributed by atoms with Crippen LogP contribution < -0.4 is 15.2 Å². The molecule has 0 radical (unpaired) electrons. The lowest BCUT2D eigenvalue weighted by Gasteiger charge is -2.08. The molecule has 2 rings (SSSR count). The van der Waals surface area contributed by atoms with Gasteiger partial charge in [0.05, 0.1) is 12.0 Å². The van der Waals surface area contributed by atoms with Crippen LogP contribution in [0, 0.1) is 0 Å². The molecule has 0 aromatic heterocycles. The Morgan fingerprint density at radius 2 is 1.92 bits per heavy atom. The summed E-state index contributed by atoms with van der Waals surface area (Å²) in [6.07, 6.45) is 3.47. The maximum atomic E-state index is 12.3. The number of nitrogens with two attached hydrogens (primary N) is 1. The normalized spacial score (nSPS) is 10.6. The molecule has 2 aromatic rings. The van der Waals surface area contributed by atoms with Crippen molar-refractivity contribution in [1.29, 1.82) is 0 Å². The molecule has 0 fully saturated rings. The molecule has 0 bridgehead atoms. The van der Waals surface area contributed by atoms with Gasteiger partial charge in [0.15, 0.2) is 5.78 Å². The molecule has 0 atom stereocenters. The minimum absolute atomic E-state index is 0.155. The molecule has 0 aliphatic carbocycles. The number of ketones is 1. The number of methoxy groups -OCH3 is 1. The lowest BCUT2D eigenvalue weighted by atomic mass is 10.1. The third-order valence-corrected chi connectivity index (χ3v) is 4.63. The van der Waals surface area contributed by atoms with Crippen LogP contribution in [0.2, 0.25) is 0 Å². The minimum Gasteiger partial charge on any atom is -0.496 e. The van der Waals surface area contributed by atoms with E-state index in [4.69, 9.17) is 9.88 Å². The van der Waals surface area contributed by atoms with E-state index in [0.717, 1.165) is 49.2 Å². The lowest BCUT2D eigenvalue weighted by molar-refractivity contribution is 0.0979. The summed E-state index contributed by atoms with van der Waals surface area (Å²) in [7, 11) is 1.60. The van der Waals surface area contributed by atoms with Gasteiger partial charge in [-0.15, -0.1) is 0 Å². The van der Waals surface area contributed by atoms with Crippen LogP contribution in [0.15, 0.2) is 53.4 Å². The van der Waals surface area contributed by atoms with Gasteiger partial charge in [0.2, 0.25) is 0 Å². The molecule has 4 nitrogen and oxygen atoms in total. The van der Waals surface area contributed by atoms with Gasteiger partial charge in [-0.1, -0.05) is 30.3 Å². The van der Waals surface area contributed by atoms with Gasteiger partial charge in [-0.2, -0.15) is 0 Å². The van der Waals surface area contributed by atoms with E-state index in [0.29, 0.717) is 17.7 Å². The molecule has 0 unspecified atom stereocenters. The van der Waals surface area contributed by atoms with Crippen molar-refractivity contribution in [3.8, 4) is 5.75 Å². The van der Waals surface area contributed by atoms with Gasteiger partial charge < -0.3 is 10.1 Å². The van der Waals surface area contributed by atoms with Crippen molar-refractivity contribution >= 4 is 17.7 Å². The molecule has 0 saturated carbocycles. The summed E-state index contributed by atoms with van der Waals surface area (Å²) in [6.45, 7) is 1.90. The second-order valence-corrected chi connectivity index (χ2v) is 6.52. The minimum atomic E-state index is 0.155. The molecule has 0 heterocycles. The highest BCUT2D eigenvalue weighted by molar-refractivity contribution is 7.97. The number of unbranched alkanes of at least 4 members (excludes halogenated alkanes) is 1. The van der Waals surface area contributed by atoms with E-state index < -0.39 is 0 Å². The Morgan fingerprint density at radius 1 is 1.12 bits per heavy atom. The number of ether oxygens (including phenoxy) is 1. The number of carbonyl (C=O) groups is 1. The van der Waals surface area contributed by atoms with Gasteiger partial charge in [-0.3, -0.25) is 9.93 Å². The highest BCUT2D eigenvalue weighted by atomic mass is 32.2. The largest absolute Gasteiger partial charge is 0.496 e. The monoisotopic (exact) mass is 358 g/mol. The summed E-state index contributed by atoms with van der Waals surface area (Å²) in [5.41, 5.74) is 2.05. The van der Waals surface area contributed by atoms with Crippen molar-refractivity contribution < 1.29 is 9.53 Å². The maximum absolute atomic E-state index is 12.3. The first-order valence-electron chi connectivity index (χ1n) is 8.57. The van der Waals surface area contributed by atoms with Crippen molar-refractivity contribution in [1.82, 2.24) is 5.32 Å². The Balaban J connectivity index is 1.64. The maximum Gasteiger partial charge on any atom is 0.162 e. The Hall–Kier alpha value is -1.82. The molecule has 0 aliphatic heterocycles. The summed E-state index contributed by atoms with van der Waals surface area (Å²) in [6, 6.07) is 15.9. The molecule has 5 heteroatoms. The van der Waals surface area contributed by atoms with Gasteiger partial charge in [0.1, 0.15) is 5.75 Å². The summed E-state index contributed by atoms with van der Waals surface area (Å²) < 4.78 is 5.22. The summed E-state index contributed by atoms with van der Waals surface area (Å²) in [4.78, 5) is 13.1. The van der Waals surface area contributed by atoms with Crippen LogP contribution in [-0.2, 0) is 6.42 Å². The fourth-order valence-electron chi connectivity index (χ4n) is 2.62.